The molecule has 0 saturated carbocycles. The lowest BCUT2D eigenvalue weighted by molar-refractivity contribution is 0.0934. The molecular formula is C22H22FN7O3. The molecule has 4 aromatic rings. The molecular weight excluding hydrogens is 429 g/mol. The molecule has 0 aliphatic carbocycles. The second-order valence-corrected chi connectivity index (χ2v) is 7.34. The number of halogens is 1. The van der Waals surface area contributed by atoms with Gasteiger partial charge in [0.2, 0.25) is 5.95 Å². The SMILES string of the molecule is COc1ccc2nc(NCCC(C)NC(=O)c3c(F)cccc3-n3nccn3)[nH]c(=O)c2c1. The fourth-order valence-electron chi connectivity index (χ4n) is 3.35. The summed E-state index contributed by atoms with van der Waals surface area (Å²) in [5, 5.41) is 14.2. The van der Waals surface area contributed by atoms with E-state index in [1.165, 1.54) is 36.4 Å². The number of nitrogens with zero attached hydrogens (tertiary/aromatic N) is 4. The fourth-order valence-corrected chi connectivity index (χ4v) is 3.35. The summed E-state index contributed by atoms with van der Waals surface area (Å²) >= 11 is 0. The van der Waals surface area contributed by atoms with Gasteiger partial charge in [-0.2, -0.15) is 15.0 Å². The Morgan fingerprint density at radius 2 is 2.03 bits per heavy atom. The van der Waals surface area contributed by atoms with Gasteiger partial charge in [-0.1, -0.05) is 6.07 Å². The molecule has 0 aliphatic rings. The summed E-state index contributed by atoms with van der Waals surface area (Å²) in [6.07, 6.45) is 3.39. The predicted octanol–water partition coefficient (Wildman–Crippen LogP) is 2.27. The number of nitrogens with one attached hydrogen (secondary N) is 3. The summed E-state index contributed by atoms with van der Waals surface area (Å²) in [7, 11) is 1.53. The number of amides is 1. The zero-order valence-electron chi connectivity index (χ0n) is 18.0. The highest BCUT2D eigenvalue weighted by atomic mass is 19.1. The van der Waals surface area contributed by atoms with E-state index < -0.39 is 11.7 Å². The van der Waals surface area contributed by atoms with Gasteiger partial charge in [0.05, 0.1) is 30.4 Å². The van der Waals surface area contributed by atoms with Gasteiger partial charge in [0.25, 0.3) is 11.5 Å². The number of aromatic nitrogens is 5. The van der Waals surface area contributed by atoms with Crippen molar-refractivity contribution in [3.63, 3.8) is 0 Å². The molecule has 0 fully saturated rings. The van der Waals surface area contributed by atoms with Crippen LogP contribution in [0.1, 0.15) is 23.7 Å². The van der Waals surface area contributed by atoms with Crippen molar-refractivity contribution >= 4 is 22.8 Å². The molecule has 2 heterocycles. The molecule has 0 aliphatic heterocycles. The number of anilines is 1. The van der Waals surface area contributed by atoms with Crippen molar-refractivity contribution in [3.8, 4) is 11.4 Å². The van der Waals surface area contributed by atoms with E-state index in [0.29, 0.717) is 35.6 Å². The summed E-state index contributed by atoms with van der Waals surface area (Å²) in [6.45, 7) is 2.21. The van der Waals surface area contributed by atoms with Crippen LogP contribution in [0.5, 0.6) is 5.75 Å². The van der Waals surface area contributed by atoms with Crippen molar-refractivity contribution in [2.45, 2.75) is 19.4 Å². The second-order valence-electron chi connectivity index (χ2n) is 7.34. The molecule has 0 radical (unpaired) electrons. The summed E-state index contributed by atoms with van der Waals surface area (Å²) in [5.41, 5.74) is 0.353. The number of benzene rings is 2. The van der Waals surface area contributed by atoms with E-state index in [-0.39, 0.29) is 22.9 Å². The van der Waals surface area contributed by atoms with Gasteiger partial charge in [0.15, 0.2) is 0 Å². The predicted molar refractivity (Wildman–Crippen MR) is 120 cm³/mol. The molecule has 0 spiro atoms. The number of fused-ring (bicyclic) bond motifs is 1. The highest BCUT2D eigenvalue weighted by Gasteiger charge is 2.20. The number of carbonyl (C=O) groups excluding carboxylic acids is 1. The minimum absolute atomic E-state index is 0.135. The van der Waals surface area contributed by atoms with Crippen LogP contribution in [-0.4, -0.2) is 50.6 Å². The van der Waals surface area contributed by atoms with E-state index in [9.17, 15) is 14.0 Å². The number of ether oxygens (including phenoxy) is 1. The first kappa shape index (κ1) is 21.9. The monoisotopic (exact) mass is 451 g/mol. The highest BCUT2D eigenvalue weighted by Crippen LogP contribution is 2.18. The molecule has 0 bridgehead atoms. The van der Waals surface area contributed by atoms with Crippen LogP contribution in [-0.2, 0) is 0 Å². The quantitative estimate of drug-likeness (QED) is 0.375. The van der Waals surface area contributed by atoms with E-state index in [2.05, 4.69) is 30.8 Å². The molecule has 3 N–H and O–H groups in total. The lowest BCUT2D eigenvalue weighted by Crippen LogP contribution is -2.35. The van der Waals surface area contributed by atoms with Gasteiger partial charge in [-0.15, -0.1) is 0 Å². The van der Waals surface area contributed by atoms with Crippen LogP contribution in [0.4, 0.5) is 10.3 Å². The topological polar surface area (TPSA) is 127 Å². The highest BCUT2D eigenvalue weighted by molar-refractivity contribution is 5.98. The van der Waals surface area contributed by atoms with E-state index in [1.807, 2.05) is 0 Å². The third-order valence-electron chi connectivity index (χ3n) is 5.01. The first-order valence-electron chi connectivity index (χ1n) is 10.2. The summed E-state index contributed by atoms with van der Waals surface area (Å²) < 4.78 is 19.6. The van der Waals surface area contributed by atoms with Gasteiger partial charge in [-0.25, -0.2) is 9.37 Å². The van der Waals surface area contributed by atoms with Gasteiger partial charge in [0, 0.05) is 12.6 Å². The van der Waals surface area contributed by atoms with Crippen LogP contribution < -0.4 is 20.9 Å². The molecule has 1 atom stereocenters. The maximum Gasteiger partial charge on any atom is 0.260 e. The van der Waals surface area contributed by atoms with Gasteiger partial charge in [-0.05, 0) is 43.7 Å². The van der Waals surface area contributed by atoms with Crippen LogP contribution in [0.25, 0.3) is 16.6 Å². The zero-order chi connectivity index (χ0) is 23.4. The first-order chi connectivity index (χ1) is 16.0. The molecule has 2 aromatic heterocycles. The van der Waals surface area contributed by atoms with Gasteiger partial charge >= 0.3 is 0 Å². The minimum Gasteiger partial charge on any atom is -0.497 e. The molecule has 10 nitrogen and oxygen atoms in total. The maximum atomic E-state index is 14.4. The van der Waals surface area contributed by atoms with Gasteiger partial charge < -0.3 is 15.4 Å². The van der Waals surface area contributed by atoms with Gasteiger partial charge in [0.1, 0.15) is 22.8 Å². The lowest BCUT2D eigenvalue weighted by atomic mass is 10.1. The smallest absolute Gasteiger partial charge is 0.260 e. The number of rotatable bonds is 8. The Morgan fingerprint density at radius 3 is 2.79 bits per heavy atom. The molecule has 170 valence electrons. The van der Waals surface area contributed by atoms with Crippen LogP contribution in [0.2, 0.25) is 0 Å². The molecule has 11 heteroatoms. The van der Waals surface area contributed by atoms with Crippen molar-refractivity contribution in [2.24, 2.45) is 0 Å². The third-order valence-corrected chi connectivity index (χ3v) is 5.01. The normalized spacial score (nSPS) is 11.8. The standard InChI is InChI=1S/C22H22FN7O3/c1-13(27-21(32)19-16(23)4-3-5-18(19)30-25-10-11-26-30)8-9-24-22-28-17-7-6-14(33-2)12-15(17)20(31)29-22/h3-7,10-13H,8-9H2,1-2H3,(H,27,32)(H2,24,28,29,31). The van der Waals surface area contributed by atoms with Crippen molar-refractivity contribution < 1.29 is 13.9 Å². The fraction of sp³-hybridized carbons (Fsp3) is 0.227. The second kappa shape index (κ2) is 9.47. The summed E-state index contributed by atoms with van der Waals surface area (Å²) in [6, 6.07) is 9.04. The number of aromatic amines is 1. The number of hydrogen-bond donors (Lipinski definition) is 3. The minimum atomic E-state index is -0.665. The van der Waals surface area contributed by atoms with Crippen molar-refractivity contribution in [3.05, 3.63) is 70.5 Å². The Kier molecular flexibility index (Phi) is 6.29. The van der Waals surface area contributed by atoms with Crippen molar-refractivity contribution in [1.29, 1.82) is 0 Å². The van der Waals surface area contributed by atoms with E-state index in [0.717, 1.165) is 0 Å². The van der Waals surface area contributed by atoms with E-state index in [1.54, 1.807) is 31.2 Å². The summed E-state index contributed by atoms with van der Waals surface area (Å²) in [4.78, 5) is 33.4. The maximum absolute atomic E-state index is 14.4. The van der Waals surface area contributed by atoms with E-state index >= 15 is 0 Å². The Labute approximate surface area is 187 Å². The van der Waals surface area contributed by atoms with Crippen LogP contribution in [0, 0.1) is 5.82 Å². The third kappa shape index (κ3) is 4.81. The van der Waals surface area contributed by atoms with Crippen LogP contribution in [0.15, 0.2) is 53.6 Å². The Bertz CT molecular complexity index is 1340. The van der Waals surface area contributed by atoms with Crippen molar-refractivity contribution in [2.75, 3.05) is 19.0 Å². The van der Waals surface area contributed by atoms with Gasteiger partial charge in [-0.3, -0.25) is 14.6 Å². The largest absolute Gasteiger partial charge is 0.497 e. The molecule has 2 aromatic carbocycles. The average Bonchev–Trinajstić information content (AvgIpc) is 3.33. The number of H-pyrrole nitrogens is 1. The summed E-state index contributed by atoms with van der Waals surface area (Å²) in [5.74, 6) is -0.347. The Hall–Kier alpha value is -4.28. The zero-order valence-corrected chi connectivity index (χ0v) is 18.0. The Balaban J connectivity index is 1.39. The lowest BCUT2D eigenvalue weighted by Gasteiger charge is -2.16. The average molecular weight is 451 g/mol. The molecule has 1 unspecified atom stereocenters. The van der Waals surface area contributed by atoms with Crippen LogP contribution in [0.3, 0.4) is 0 Å². The molecule has 33 heavy (non-hydrogen) atoms. The van der Waals surface area contributed by atoms with E-state index in [4.69, 9.17) is 4.74 Å². The Morgan fingerprint density at radius 1 is 1.24 bits per heavy atom. The number of methoxy groups -OCH3 is 1. The number of hydrogen-bond acceptors (Lipinski definition) is 7. The molecule has 4 rings (SSSR count). The van der Waals surface area contributed by atoms with Crippen LogP contribution >= 0.6 is 0 Å². The van der Waals surface area contributed by atoms with Crippen molar-refractivity contribution in [1.82, 2.24) is 30.3 Å². The molecule has 1 amide bonds. The first-order valence-corrected chi connectivity index (χ1v) is 10.2. The molecule has 0 saturated heterocycles. The number of carbonyl (C=O) groups is 1.